The average Bonchev–Trinajstić information content (AvgIpc) is 3.35. The van der Waals surface area contributed by atoms with Crippen molar-refractivity contribution in [1.82, 2.24) is 0 Å². The van der Waals surface area contributed by atoms with E-state index in [1.165, 1.54) is 0 Å². The molecule has 7 rings (SSSR count). The van der Waals surface area contributed by atoms with Gasteiger partial charge in [0.25, 0.3) is 0 Å². The maximum atomic E-state index is 15.7. The summed E-state index contributed by atoms with van der Waals surface area (Å²) in [6.07, 6.45) is -1.55. The van der Waals surface area contributed by atoms with E-state index in [0.29, 0.717) is 0 Å². The van der Waals surface area contributed by atoms with Crippen LogP contribution >= 0.6 is 0 Å². The molecule has 0 radical (unpaired) electrons. The lowest BCUT2D eigenvalue weighted by Crippen LogP contribution is -2.12. The van der Waals surface area contributed by atoms with E-state index in [9.17, 15) is 48.3 Å². The molecule has 0 bridgehead atoms. The molecule has 0 atom stereocenters. The maximum Gasteiger partial charge on any atom is 0.198 e. The van der Waals surface area contributed by atoms with Gasteiger partial charge in [-0.1, -0.05) is 12.1 Å². The van der Waals surface area contributed by atoms with E-state index in [1.807, 2.05) is 0 Å². The second-order valence-corrected chi connectivity index (χ2v) is 14.5. The molecule has 0 aliphatic rings. The Morgan fingerprint density at radius 3 is 1.01 bits per heavy atom. The summed E-state index contributed by atoms with van der Waals surface area (Å²) in [5.41, 5.74) is -27.0. The standard InChI is InChI=1S/C45H6F28/c1-5(20(48)29(57)12(8(47)4-46)13-23(51)14-15(35(63)30(13)58)41(69)45(73)44(72)40(14)68)9-24(52)31(59)16(32(60)25(9)53)18-36(64)38(66)19(39(67)37(18)65)17-33(61)26(54)11(27(55)34(17)62)6-2-3-7-10(21(6)49)28(56)43(71)42(70)22(7)50/h2-4H,1H3/b8-4-,20-5-,29-12-. The number of allylic oxidation sites excluding steroid dienone is 5. The zero-order chi connectivity index (χ0) is 54.8. The summed E-state index contributed by atoms with van der Waals surface area (Å²) < 4.78 is 420. The van der Waals surface area contributed by atoms with Crippen molar-refractivity contribution in [3.05, 3.63) is 187 Å². The summed E-state index contributed by atoms with van der Waals surface area (Å²) in [7, 11) is 0. The number of halogens is 28. The lowest BCUT2D eigenvalue weighted by atomic mass is 9.91. The van der Waals surface area contributed by atoms with Gasteiger partial charge in [0.15, 0.2) is 145 Å². The molecule has 0 unspecified atom stereocenters. The summed E-state index contributed by atoms with van der Waals surface area (Å²) >= 11 is 0. The van der Waals surface area contributed by atoms with E-state index in [4.69, 9.17) is 0 Å². The highest BCUT2D eigenvalue weighted by molar-refractivity contribution is 5.94. The monoisotopic (exact) mass is 1080 g/mol. The Labute approximate surface area is 382 Å². The zero-order valence-corrected chi connectivity index (χ0v) is 33.8. The largest absolute Gasteiger partial charge is 0.212 e. The number of hydrogen-bond donors (Lipinski definition) is 0. The molecular weight excluding hydrogens is 1070 g/mol. The fourth-order valence-corrected chi connectivity index (χ4v) is 7.40. The molecule has 382 valence electrons. The quantitative estimate of drug-likeness (QED) is 0.0646. The summed E-state index contributed by atoms with van der Waals surface area (Å²) in [4.78, 5) is 0. The number of hydrogen-bond acceptors (Lipinski definition) is 0. The van der Waals surface area contributed by atoms with Crippen LogP contribution in [0.4, 0.5) is 123 Å². The predicted molar refractivity (Wildman–Crippen MR) is 195 cm³/mol. The molecule has 0 aliphatic heterocycles. The highest BCUT2D eigenvalue weighted by atomic mass is 19.2. The van der Waals surface area contributed by atoms with Crippen LogP contribution in [0.25, 0.3) is 66.1 Å². The Morgan fingerprint density at radius 1 is 0.301 bits per heavy atom. The third-order valence-corrected chi connectivity index (χ3v) is 10.8. The summed E-state index contributed by atoms with van der Waals surface area (Å²) in [5.74, 6) is -82.8. The van der Waals surface area contributed by atoms with Gasteiger partial charge in [-0.3, -0.25) is 0 Å². The summed E-state index contributed by atoms with van der Waals surface area (Å²) in [6, 6.07) is 0.0505. The van der Waals surface area contributed by atoms with Gasteiger partial charge in [-0.15, -0.1) is 0 Å². The Morgan fingerprint density at radius 2 is 0.616 bits per heavy atom. The van der Waals surface area contributed by atoms with Crippen molar-refractivity contribution in [2.45, 2.75) is 6.92 Å². The molecule has 7 aromatic carbocycles. The number of benzene rings is 7. The molecule has 0 N–H and O–H groups in total. The third-order valence-electron chi connectivity index (χ3n) is 10.8. The van der Waals surface area contributed by atoms with Crippen molar-refractivity contribution in [2.75, 3.05) is 0 Å². The maximum absolute atomic E-state index is 15.7. The van der Waals surface area contributed by atoms with Gasteiger partial charge < -0.3 is 0 Å². The van der Waals surface area contributed by atoms with Crippen molar-refractivity contribution in [3.8, 4) is 33.4 Å². The first-order valence-corrected chi connectivity index (χ1v) is 18.5. The van der Waals surface area contributed by atoms with Crippen LogP contribution in [0.1, 0.15) is 18.1 Å². The van der Waals surface area contributed by atoms with Crippen LogP contribution in [-0.4, -0.2) is 0 Å². The number of rotatable bonds is 7. The fourth-order valence-electron chi connectivity index (χ4n) is 7.40. The molecule has 0 amide bonds. The minimum absolute atomic E-state index is 0.0291. The van der Waals surface area contributed by atoms with Gasteiger partial charge in [-0.05, 0) is 6.92 Å². The molecule has 0 saturated carbocycles. The van der Waals surface area contributed by atoms with E-state index < -0.39 is 241 Å². The van der Waals surface area contributed by atoms with Crippen LogP contribution in [0.3, 0.4) is 0 Å². The number of fused-ring (bicyclic) bond motifs is 2. The minimum atomic E-state index is -3.44. The first-order valence-electron chi connectivity index (χ1n) is 18.5. The summed E-state index contributed by atoms with van der Waals surface area (Å²) in [6.45, 7) is -0.208. The molecular formula is C45H6F28. The first kappa shape index (κ1) is 53.1. The first-order chi connectivity index (χ1) is 33.9. The molecule has 0 aliphatic carbocycles. The topological polar surface area (TPSA) is 0 Å². The highest BCUT2D eigenvalue weighted by Gasteiger charge is 2.40. The van der Waals surface area contributed by atoms with Gasteiger partial charge in [0.05, 0.1) is 60.7 Å². The average molecular weight is 1080 g/mol. The lowest BCUT2D eigenvalue weighted by Gasteiger charge is -2.18. The molecule has 0 aromatic heterocycles. The molecule has 73 heavy (non-hydrogen) atoms. The summed E-state index contributed by atoms with van der Waals surface area (Å²) in [5, 5.41) is -8.44. The SMILES string of the molecule is C\C(=C(F)/C(F)=C(\C(F)=C\F)c1c(F)c(F)c2c(F)c(F)c(F)c(F)c2c1F)c1c(F)c(F)c(-c2c(F)c(F)c(-c3c(F)c(F)c(-c4ccc5c(F)c(F)c(F)c(F)c5c4F)c(F)c3F)c(F)c2F)c(F)c1F. The van der Waals surface area contributed by atoms with E-state index in [1.54, 1.807) is 0 Å². The molecule has 0 saturated heterocycles. The van der Waals surface area contributed by atoms with Crippen molar-refractivity contribution < 1.29 is 123 Å². The minimum Gasteiger partial charge on any atom is -0.212 e. The van der Waals surface area contributed by atoms with Crippen LogP contribution in [0, 0.1) is 140 Å². The zero-order valence-electron chi connectivity index (χ0n) is 33.8. The predicted octanol–water partition coefficient (Wildman–Crippen LogP) is 17.2. The molecule has 28 heteroatoms. The Bertz CT molecular complexity index is 3680. The Hall–Kier alpha value is -7.68. The molecule has 0 fully saturated rings. The van der Waals surface area contributed by atoms with Crippen LogP contribution in [0.2, 0.25) is 0 Å². The lowest BCUT2D eigenvalue weighted by molar-refractivity contribution is 0.411. The molecule has 7 aromatic rings. The molecule has 0 nitrogen and oxygen atoms in total. The van der Waals surface area contributed by atoms with Gasteiger partial charge in [0.2, 0.25) is 0 Å². The van der Waals surface area contributed by atoms with Gasteiger partial charge in [-0.25, -0.2) is 123 Å². The van der Waals surface area contributed by atoms with E-state index in [2.05, 4.69) is 0 Å². The van der Waals surface area contributed by atoms with Crippen LogP contribution < -0.4 is 0 Å². The highest BCUT2D eigenvalue weighted by Crippen LogP contribution is 2.48. The second-order valence-electron chi connectivity index (χ2n) is 14.5. The van der Waals surface area contributed by atoms with Crippen LogP contribution in [-0.2, 0) is 0 Å². The normalized spacial score (nSPS) is 13.0. The van der Waals surface area contributed by atoms with Gasteiger partial charge in [-0.2, -0.15) is 0 Å². The van der Waals surface area contributed by atoms with E-state index in [-0.39, 0.29) is 19.1 Å². The van der Waals surface area contributed by atoms with Gasteiger partial charge in [0.1, 0.15) is 18.0 Å². The molecule has 0 heterocycles. The van der Waals surface area contributed by atoms with Gasteiger partial charge in [0, 0.05) is 16.5 Å². The fraction of sp³-hybridized carbons (Fsp3) is 0.0222. The Kier molecular flexibility index (Phi) is 13.4. The van der Waals surface area contributed by atoms with Crippen LogP contribution in [0.15, 0.2) is 35.9 Å². The molecule has 0 spiro atoms. The van der Waals surface area contributed by atoms with Crippen molar-refractivity contribution in [3.63, 3.8) is 0 Å². The van der Waals surface area contributed by atoms with E-state index in [0.717, 1.165) is 0 Å². The van der Waals surface area contributed by atoms with Crippen LogP contribution in [0.5, 0.6) is 0 Å². The Balaban J connectivity index is 1.42. The second kappa shape index (κ2) is 18.4. The van der Waals surface area contributed by atoms with Gasteiger partial charge >= 0.3 is 0 Å². The van der Waals surface area contributed by atoms with E-state index >= 15 is 74.6 Å². The van der Waals surface area contributed by atoms with Crippen molar-refractivity contribution in [1.29, 1.82) is 0 Å². The smallest absolute Gasteiger partial charge is 0.198 e. The van der Waals surface area contributed by atoms with Crippen molar-refractivity contribution >= 4 is 32.7 Å². The van der Waals surface area contributed by atoms with Crippen molar-refractivity contribution in [2.24, 2.45) is 0 Å². The third kappa shape index (κ3) is 7.43.